The third-order valence-corrected chi connectivity index (χ3v) is 4.78. The van der Waals surface area contributed by atoms with Crippen molar-refractivity contribution in [1.82, 2.24) is 15.2 Å². The van der Waals surface area contributed by atoms with E-state index in [4.69, 9.17) is 9.47 Å². The van der Waals surface area contributed by atoms with Gasteiger partial charge in [0.2, 0.25) is 5.91 Å². The first kappa shape index (κ1) is 22.4. The molecule has 162 valence electrons. The first-order chi connectivity index (χ1) is 15.1. The second-order valence-electron chi connectivity index (χ2n) is 6.56. The van der Waals surface area contributed by atoms with Crippen molar-refractivity contribution in [3.05, 3.63) is 71.0 Å². The molecule has 1 heterocycles. The van der Waals surface area contributed by atoms with Gasteiger partial charge in [-0.3, -0.25) is 4.79 Å². The Balaban J connectivity index is 1.43. The van der Waals surface area contributed by atoms with Crippen LogP contribution in [0.4, 0.5) is 5.69 Å². The zero-order chi connectivity index (χ0) is 21.9. The number of ether oxygens (including phenoxy) is 2. The highest BCUT2D eigenvalue weighted by molar-refractivity contribution is 9.10. The van der Waals surface area contributed by atoms with Crippen LogP contribution in [-0.4, -0.2) is 35.6 Å². The second-order valence-corrected chi connectivity index (χ2v) is 7.48. The summed E-state index contributed by atoms with van der Waals surface area (Å²) in [5.41, 5.74) is 4.34. The van der Waals surface area contributed by atoms with Crippen molar-refractivity contribution < 1.29 is 14.3 Å². The van der Waals surface area contributed by atoms with Gasteiger partial charge < -0.3 is 14.8 Å². The monoisotopic (exact) mass is 485 g/mol. The first-order valence-electron chi connectivity index (χ1n) is 9.73. The van der Waals surface area contributed by atoms with Gasteiger partial charge in [-0.1, -0.05) is 15.9 Å². The summed E-state index contributed by atoms with van der Waals surface area (Å²) in [6.45, 7) is 0.961. The number of carbonyl (C=O) groups is 1. The summed E-state index contributed by atoms with van der Waals surface area (Å²) in [6, 6.07) is 15.1. The highest BCUT2D eigenvalue weighted by Crippen LogP contribution is 2.27. The molecule has 9 heteroatoms. The number of carbonyl (C=O) groups excluding carboxylic acids is 1. The number of rotatable bonds is 11. The van der Waals surface area contributed by atoms with Gasteiger partial charge in [-0.25, -0.2) is 10.1 Å². The third-order valence-electron chi connectivity index (χ3n) is 4.26. The predicted molar refractivity (Wildman–Crippen MR) is 123 cm³/mol. The van der Waals surface area contributed by atoms with Gasteiger partial charge in [0, 0.05) is 35.5 Å². The van der Waals surface area contributed by atoms with Crippen molar-refractivity contribution in [2.45, 2.75) is 19.6 Å². The fourth-order valence-corrected chi connectivity index (χ4v) is 2.95. The van der Waals surface area contributed by atoms with E-state index in [1.54, 1.807) is 36.3 Å². The molecule has 31 heavy (non-hydrogen) atoms. The SMILES string of the molecule is COc1ccc(/C=N/NC(=O)CCCNc2ccc(Br)cc2)cc1OCn1cccn1. The maximum atomic E-state index is 12.0. The Morgan fingerprint density at radius 3 is 2.81 bits per heavy atom. The van der Waals surface area contributed by atoms with Gasteiger partial charge in [0.15, 0.2) is 18.2 Å². The Labute approximate surface area is 189 Å². The van der Waals surface area contributed by atoms with Gasteiger partial charge in [-0.05, 0) is 60.5 Å². The molecule has 0 bridgehead atoms. The Bertz CT molecular complexity index is 991. The van der Waals surface area contributed by atoms with E-state index >= 15 is 0 Å². The lowest BCUT2D eigenvalue weighted by Gasteiger charge is -2.11. The van der Waals surface area contributed by atoms with Crippen molar-refractivity contribution in [2.75, 3.05) is 19.0 Å². The van der Waals surface area contributed by atoms with E-state index in [2.05, 4.69) is 36.9 Å². The molecule has 0 aliphatic heterocycles. The van der Waals surface area contributed by atoms with Crippen LogP contribution in [0.2, 0.25) is 0 Å². The van der Waals surface area contributed by atoms with Crippen molar-refractivity contribution >= 4 is 33.7 Å². The molecule has 0 atom stereocenters. The fourth-order valence-electron chi connectivity index (χ4n) is 2.68. The minimum atomic E-state index is -0.141. The minimum Gasteiger partial charge on any atom is -0.493 e. The third kappa shape index (κ3) is 7.45. The molecule has 0 saturated heterocycles. The van der Waals surface area contributed by atoms with E-state index in [0.29, 0.717) is 30.9 Å². The van der Waals surface area contributed by atoms with Crippen molar-refractivity contribution in [3.63, 3.8) is 0 Å². The molecule has 0 spiro atoms. The Morgan fingerprint density at radius 1 is 1.23 bits per heavy atom. The second kappa shape index (κ2) is 11.8. The topological polar surface area (TPSA) is 89.8 Å². The van der Waals surface area contributed by atoms with Crippen LogP contribution in [-0.2, 0) is 11.5 Å². The molecule has 2 N–H and O–H groups in total. The van der Waals surface area contributed by atoms with Crippen LogP contribution in [0.5, 0.6) is 11.5 Å². The Morgan fingerprint density at radius 2 is 2.06 bits per heavy atom. The lowest BCUT2D eigenvalue weighted by atomic mass is 10.2. The quantitative estimate of drug-likeness (QED) is 0.243. The van der Waals surface area contributed by atoms with E-state index in [-0.39, 0.29) is 12.6 Å². The number of benzene rings is 2. The molecule has 3 aromatic rings. The van der Waals surface area contributed by atoms with E-state index in [1.807, 2.05) is 42.6 Å². The summed E-state index contributed by atoms with van der Waals surface area (Å²) >= 11 is 3.40. The van der Waals surface area contributed by atoms with Crippen LogP contribution < -0.4 is 20.2 Å². The van der Waals surface area contributed by atoms with E-state index in [1.165, 1.54) is 0 Å². The summed E-state index contributed by atoms with van der Waals surface area (Å²) in [6.07, 6.45) is 6.14. The standard InChI is InChI=1S/C22H24BrN5O3/c1-30-20-10-5-17(14-21(20)31-16-28-13-3-12-26-28)15-25-27-22(29)4-2-11-24-19-8-6-18(23)7-9-19/h3,5-10,12-15,24H,2,4,11,16H2,1H3,(H,27,29)/b25-15+. The van der Waals surface area contributed by atoms with Crippen LogP contribution in [0, 0.1) is 0 Å². The number of nitrogens with zero attached hydrogens (tertiary/aromatic N) is 3. The van der Waals surface area contributed by atoms with Crippen molar-refractivity contribution in [2.24, 2.45) is 5.10 Å². The van der Waals surface area contributed by atoms with Crippen LogP contribution >= 0.6 is 15.9 Å². The number of methoxy groups -OCH3 is 1. The van der Waals surface area contributed by atoms with E-state index in [0.717, 1.165) is 15.7 Å². The molecule has 0 fully saturated rings. The molecule has 0 unspecified atom stereocenters. The smallest absolute Gasteiger partial charge is 0.240 e. The van der Waals surface area contributed by atoms with E-state index in [9.17, 15) is 4.79 Å². The number of hydrazone groups is 1. The normalized spacial score (nSPS) is 10.8. The largest absolute Gasteiger partial charge is 0.493 e. The molecule has 0 aliphatic rings. The number of nitrogens with one attached hydrogen (secondary N) is 2. The summed E-state index contributed by atoms with van der Waals surface area (Å²) in [5, 5.41) is 11.4. The van der Waals surface area contributed by atoms with Gasteiger partial charge in [-0.2, -0.15) is 10.2 Å². The summed E-state index contributed by atoms with van der Waals surface area (Å²) in [4.78, 5) is 12.0. The van der Waals surface area contributed by atoms with Crippen LogP contribution in [0.3, 0.4) is 0 Å². The van der Waals surface area contributed by atoms with Gasteiger partial charge >= 0.3 is 0 Å². The number of aromatic nitrogens is 2. The molecular formula is C22H24BrN5O3. The zero-order valence-electron chi connectivity index (χ0n) is 17.1. The minimum absolute atomic E-state index is 0.141. The summed E-state index contributed by atoms with van der Waals surface area (Å²) in [7, 11) is 1.58. The molecule has 8 nitrogen and oxygen atoms in total. The van der Waals surface area contributed by atoms with Crippen LogP contribution in [0.15, 0.2) is 70.5 Å². The highest BCUT2D eigenvalue weighted by atomic mass is 79.9. The number of hydrogen-bond donors (Lipinski definition) is 2. The number of anilines is 1. The zero-order valence-corrected chi connectivity index (χ0v) is 18.7. The maximum Gasteiger partial charge on any atom is 0.240 e. The van der Waals surface area contributed by atoms with Gasteiger partial charge in [-0.15, -0.1) is 0 Å². The van der Waals surface area contributed by atoms with E-state index < -0.39 is 0 Å². The molecule has 1 aromatic heterocycles. The Hall–Kier alpha value is -3.33. The molecule has 0 aliphatic carbocycles. The highest BCUT2D eigenvalue weighted by Gasteiger charge is 2.06. The van der Waals surface area contributed by atoms with Crippen LogP contribution in [0.25, 0.3) is 0 Å². The summed E-state index contributed by atoms with van der Waals surface area (Å²) < 4.78 is 13.8. The van der Waals surface area contributed by atoms with Gasteiger partial charge in [0.1, 0.15) is 0 Å². The van der Waals surface area contributed by atoms with Crippen molar-refractivity contribution in [3.8, 4) is 11.5 Å². The first-order valence-corrected chi connectivity index (χ1v) is 10.5. The average molecular weight is 486 g/mol. The summed E-state index contributed by atoms with van der Waals surface area (Å²) in [5.74, 6) is 1.02. The number of halogens is 1. The molecule has 2 aromatic carbocycles. The van der Waals surface area contributed by atoms with Crippen LogP contribution in [0.1, 0.15) is 18.4 Å². The van der Waals surface area contributed by atoms with Gasteiger partial charge in [0.25, 0.3) is 0 Å². The van der Waals surface area contributed by atoms with Gasteiger partial charge in [0.05, 0.1) is 13.3 Å². The fraction of sp³-hybridized carbons (Fsp3) is 0.227. The lowest BCUT2D eigenvalue weighted by Crippen LogP contribution is -2.18. The lowest BCUT2D eigenvalue weighted by molar-refractivity contribution is -0.121. The maximum absolute atomic E-state index is 12.0. The molecular weight excluding hydrogens is 462 g/mol. The molecule has 1 amide bonds. The average Bonchev–Trinajstić information content (AvgIpc) is 3.30. The van der Waals surface area contributed by atoms with Crippen molar-refractivity contribution in [1.29, 1.82) is 0 Å². The number of amides is 1. The predicted octanol–water partition coefficient (Wildman–Crippen LogP) is 4.03. The number of hydrogen-bond acceptors (Lipinski definition) is 6. The molecule has 0 saturated carbocycles. The molecule has 3 rings (SSSR count). The Kier molecular flexibility index (Phi) is 8.48. The molecule has 0 radical (unpaired) electrons.